The van der Waals surface area contributed by atoms with Gasteiger partial charge in [-0.05, 0) is 34.4 Å². The van der Waals surface area contributed by atoms with Crippen molar-refractivity contribution in [3.8, 4) is 11.1 Å². The van der Waals surface area contributed by atoms with E-state index in [1.807, 2.05) is 24.3 Å². The van der Waals surface area contributed by atoms with Crippen LogP contribution in [-0.2, 0) is 22.6 Å². The number of fused-ring (bicyclic) bond motifs is 3. The predicted octanol–water partition coefficient (Wildman–Crippen LogP) is 4.09. The Morgan fingerprint density at radius 2 is 1.41 bits per heavy atom. The molecule has 0 bridgehead atoms. The van der Waals surface area contributed by atoms with Gasteiger partial charge in [-0.2, -0.15) is 0 Å². The van der Waals surface area contributed by atoms with Crippen molar-refractivity contribution in [1.82, 2.24) is 4.90 Å². The van der Waals surface area contributed by atoms with Crippen molar-refractivity contribution in [2.24, 2.45) is 0 Å². The average Bonchev–Trinajstić information content (AvgIpc) is 2.89. The predicted molar refractivity (Wildman–Crippen MR) is 112 cm³/mol. The third-order valence-electron chi connectivity index (χ3n) is 5.09. The first-order valence-electron chi connectivity index (χ1n) is 9.51. The molecule has 1 N–H and O–H groups in total. The Balaban J connectivity index is 1.55. The van der Waals surface area contributed by atoms with Crippen LogP contribution in [0.3, 0.4) is 0 Å². The number of anilines is 1. The molecule has 0 fully saturated rings. The molecular weight excluding hydrogens is 364 g/mol. The number of carbonyl (C=O) groups excluding carboxylic acids is 2. The molecule has 1 amide bonds. The number of methoxy groups -OCH3 is 1. The zero-order valence-corrected chi connectivity index (χ0v) is 16.2. The average molecular weight is 386 g/mol. The van der Waals surface area contributed by atoms with Gasteiger partial charge in [-0.25, -0.2) is 4.79 Å². The van der Waals surface area contributed by atoms with Crippen LogP contribution in [0.5, 0.6) is 0 Å². The van der Waals surface area contributed by atoms with Gasteiger partial charge in [0.05, 0.1) is 24.9 Å². The molecule has 3 aromatic rings. The number of rotatable bonds is 4. The van der Waals surface area contributed by atoms with Crippen LogP contribution in [0.2, 0.25) is 0 Å². The second-order valence-electron chi connectivity index (χ2n) is 7.04. The normalized spacial score (nSPS) is 13.0. The SMILES string of the molecule is COC(=O)c1ccccc1NC(=O)CN1Cc2ccccc2-c2ccccc2C1. The largest absolute Gasteiger partial charge is 0.465 e. The minimum atomic E-state index is -0.474. The van der Waals surface area contributed by atoms with Crippen LogP contribution in [0.1, 0.15) is 21.5 Å². The van der Waals surface area contributed by atoms with E-state index in [0.29, 0.717) is 24.3 Å². The summed E-state index contributed by atoms with van der Waals surface area (Å²) in [4.78, 5) is 26.8. The Morgan fingerprint density at radius 1 is 0.862 bits per heavy atom. The fraction of sp³-hybridized carbons (Fsp3) is 0.167. The molecule has 0 saturated carbocycles. The summed E-state index contributed by atoms with van der Waals surface area (Å²) in [6, 6.07) is 23.5. The lowest BCUT2D eigenvalue weighted by atomic mass is 9.97. The second kappa shape index (κ2) is 8.29. The van der Waals surface area contributed by atoms with Gasteiger partial charge in [0.2, 0.25) is 5.91 Å². The van der Waals surface area contributed by atoms with Crippen molar-refractivity contribution < 1.29 is 14.3 Å². The number of nitrogens with one attached hydrogen (secondary N) is 1. The second-order valence-corrected chi connectivity index (χ2v) is 7.04. The molecule has 0 unspecified atom stereocenters. The number of nitrogens with zero attached hydrogens (tertiary/aromatic N) is 1. The molecule has 0 atom stereocenters. The summed E-state index contributed by atoms with van der Waals surface area (Å²) in [5, 5.41) is 2.86. The van der Waals surface area contributed by atoms with Crippen LogP contribution in [0.4, 0.5) is 5.69 Å². The fourth-order valence-corrected chi connectivity index (χ4v) is 3.76. The molecule has 29 heavy (non-hydrogen) atoms. The van der Waals surface area contributed by atoms with Crippen molar-refractivity contribution in [3.05, 3.63) is 89.5 Å². The quantitative estimate of drug-likeness (QED) is 0.686. The molecule has 1 aliphatic heterocycles. The summed E-state index contributed by atoms with van der Waals surface area (Å²) < 4.78 is 4.80. The molecule has 0 radical (unpaired) electrons. The monoisotopic (exact) mass is 386 g/mol. The highest BCUT2D eigenvalue weighted by atomic mass is 16.5. The van der Waals surface area contributed by atoms with E-state index >= 15 is 0 Å². The first-order chi connectivity index (χ1) is 14.2. The van der Waals surface area contributed by atoms with E-state index in [1.54, 1.807) is 24.3 Å². The van der Waals surface area contributed by atoms with Gasteiger partial charge < -0.3 is 10.1 Å². The fourth-order valence-electron chi connectivity index (χ4n) is 3.76. The lowest BCUT2D eigenvalue weighted by Gasteiger charge is -2.21. The van der Waals surface area contributed by atoms with Gasteiger partial charge in [0, 0.05) is 13.1 Å². The summed E-state index contributed by atoms with van der Waals surface area (Å²) in [7, 11) is 1.33. The summed E-state index contributed by atoms with van der Waals surface area (Å²) >= 11 is 0. The summed E-state index contributed by atoms with van der Waals surface area (Å²) in [5.41, 5.74) is 5.61. The molecule has 146 valence electrons. The number of benzene rings is 3. The molecule has 0 spiro atoms. The molecule has 5 heteroatoms. The third kappa shape index (κ3) is 4.05. The van der Waals surface area contributed by atoms with Crippen LogP contribution in [0, 0.1) is 0 Å². The Morgan fingerprint density at radius 3 is 2.03 bits per heavy atom. The zero-order valence-electron chi connectivity index (χ0n) is 16.2. The van der Waals surface area contributed by atoms with E-state index in [-0.39, 0.29) is 12.5 Å². The number of esters is 1. The number of carbonyl (C=O) groups is 2. The Bertz CT molecular complexity index is 1010. The first-order valence-corrected chi connectivity index (χ1v) is 9.51. The van der Waals surface area contributed by atoms with Crippen molar-refractivity contribution in [2.75, 3.05) is 19.0 Å². The maximum absolute atomic E-state index is 12.8. The highest BCUT2D eigenvalue weighted by Gasteiger charge is 2.21. The molecule has 5 nitrogen and oxygen atoms in total. The number of hydrogen-bond donors (Lipinski definition) is 1. The topological polar surface area (TPSA) is 58.6 Å². The molecule has 3 aromatic carbocycles. The lowest BCUT2D eigenvalue weighted by Crippen LogP contribution is -2.32. The summed E-state index contributed by atoms with van der Waals surface area (Å²) in [6.45, 7) is 1.58. The van der Waals surface area contributed by atoms with E-state index in [4.69, 9.17) is 4.74 Å². The number of hydrogen-bond acceptors (Lipinski definition) is 4. The number of para-hydroxylation sites is 1. The Kier molecular flexibility index (Phi) is 5.40. The Hall–Kier alpha value is -3.44. The van der Waals surface area contributed by atoms with Crippen LogP contribution >= 0.6 is 0 Å². The van der Waals surface area contributed by atoms with Gasteiger partial charge in [0.15, 0.2) is 0 Å². The van der Waals surface area contributed by atoms with Gasteiger partial charge in [0.1, 0.15) is 0 Å². The third-order valence-corrected chi connectivity index (χ3v) is 5.09. The molecule has 0 aromatic heterocycles. The molecule has 0 aliphatic carbocycles. The molecule has 1 aliphatic rings. The molecule has 0 saturated heterocycles. The van der Waals surface area contributed by atoms with Gasteiger partial charge in [-0.15, -0.1) is 0 Å². The van der Waals surface area contributed by atoms with E-state index < -0.39 is 5.97 Å². The first kappa shape index (κ1) is 18.9. The van der Waals surface area contributed by atoms with E-state index in [9.17, 15) is 9.59 Å². The van der Waals surface area contributed by atoms with E-state index in [2.05, 4.69) is 34.5 Å². The standard InChI is InChI=1S/C24H22N2O3/c1-29-24(28)21-12-6-7-13-22(21)25-23(27)16-26-14-17-8-2-4-10-19(17)20-11-5-3-9-18(20)15-26/h2-13H,14-16H2,1H3,(H,25,27). The van der Waals surface area contributed by atoms with Gasteiger partial charge in [-0.1, -0.05) is 60.7 Å². The lowest BCUT2D eigenvalue weighted by molar-refractivity contribution is -0.117. The van der Waals surface area contributed by atoms with Gasteiger partial charge in [-0.3, -0.25) is 9.69 Å². The summed E-state index contributed by atoms with van der Waals surface area (Å²) in [6.07, 6.45) is 0. The maximum atomic E-state index is 12.8. The van der Waals surface area contributed by atoms with Crippen molar-refractivity contribution in [2.45, 2.75) is 13.1 Å². The number of ether oxygens (including phenoxy) is 1. The maximum Gasteiger partial charge on any atom is 0.339 e. The van der Waals surface area contributed by atoms with E-state index in [0.717, 1.165) is 0 Å². The van der Waals surface area contributed by atoms with Crippen LogP contribution < -0.4 is 5.32 Å². The minimum absolute atomic E-state index is 0.168. The zero-order chi connectivity index (χ0) is 20.2. The molecule has 4 rings (SSSR count). The van der Waals surface area contributed by atoms with Crippen molar-refractivity contribution in [1.29, 1.82) is 0 Å². The minimum Gasteiger partial charge on any atom is -0.465 e. The Labute approximate surface area is 169 Å². The smallest absolute Gasteiger partial charge is 0.339 e. The number of amides is 1. The highest BCUT2D eigenvalue weighted by Crippen LogP contribution is 2.32. The molecular formula is C24H22N2O3. The van der Waals surface area contributed by atoms with E-state index in [1.165, 1.54) is 29.4 Å². The van der Waals surface area contributed by atoms with Crippen LogP contribution in [-0.4, -0.2) is 30.4 Å². The highest BCUT2D eigenvalue weighted by molar-refractivity contribution is 6.01. The summed E-state index contributed by atoms with van der Waals surface area (Å²) in [5.74, 6) is -0.642. The van der Waals surface area contributed by atoms with Gasteiger partial charge >= 0.3 is 5.97 Å². The van der Waals surface area contributed by atoms with Crippen molar-refractivity contribution in [3.63, 3.8) is 0 Å². The molecule has 1 heterocycles. The van der Waals surface area contributed by atoms with Crippen molar-refractivity contribution >= 4 is 17.6 Å². The van der Waals surface area contributed by atoms with Crippen LogP contribution in [0.25, 0.3) is 11.1 Å². The van der Waals surface area contributed by atoms with Crippen LogP contribution in [0.15, 0.2) is 72.8 Å². The van der Waals surface area contributed by atoms with Gasteiger partial charge in [0.25, 0.3) is 0 Å².